The topological polar surface area (TPSA) is 99.4 Å². The van der Waals surface area contributed by atoms with Gasteiger partial charge in [0.2, 0.25) is 5.95 Å². The van der Waals surface area contributed by atoms with Gasteiger partial charge in [0.15, 0.2) is 0 Å². The number of nitrogens with zero attached hydrogens (tertiary/aromatic N) is 6. The van der Waals surface area contributed by atoms with E-state index in [2.05, 4.69) is 20.3 Å². The number of carbonyl (C=O) groups is 1. The summed E-state index contributed by atoms with van der Waals surface area (Å²) in [5.74, 6) is 0.814. The molecule has 31 heavy (non-hydrogen) atoms. The molecule has 3 aromatic rings. The predicted molar refractivity (Wildman–Crippen MR) is 119 cm³/mol. The van der Waals surface area contributed by atoms with Gasteiger partial charge in [-0.2, -0.15) is 4.98 Å². The molecule has 0 saturated carbocycles. The van der Waals surface area contributed by atoms with Crippen LogP contribution in [0.1, 0.15) is 25.6 Å². The molecule has 0 spiro atoms. The van der Waals surface area contributed by atoms with Crippen LogP contribution in [0.15, 0.2) is 49.1 Å². The molecular weight excluding hydrogens is 418 g/mol. The van der Waals surface area contributed by atoms with Crippen molar-refractivity contribution >= 4 is 29.4 Å². The first kappa shape index (κ1) is 21.1. The number of hydrogen-bond donors (Lipinski definition) is 2. The van der Waals surface area contributed by atoms with Gasteiger partial charge >= 0.3 is 6.03 Å². The van der Waals surface area contributed by atoms with Crippen molar-refractivity contribution < 1.29 is 9.90 Å². The molecule has 0 aliphatic carbocycles. The smallest absolute Gasteiger partial charge is 0.325 e. The number of aromatic nitrogens is 4. The maximum atomic E-state index is 12.6. The second-order valence-electron chi connectivity index (χ2n) is 7.63. The number of amides is 2. The molecule has 3 heterocycles. The van der Waals surface area contributed by atoms with Crippen molar-refractivity contribution in [2.45, 2.75) is 32.0 Å². The first-order chi connectivity index (χ1) is 14.8. The van der Waals surface area contributed by atoms with Crippen LogP contribution in [0, 0.1) is 0 Å². The van der Waals surface area contributed by atoms with Crippen LogP contribution in [0.2, 0.25) is 5.02 Å². The molecule has 0 radical (unpaired) electrons. The van der Waals surface area contributed by atoms with Crippen molar-refractivity contribution in [1.29, 1.82) is 0 Å². The Bertz CT molecular complexity index is 1070. The third kappa shape index (κ3) is 4.33. The number of aliphatic hydroxyl groups excluding tert-OH is 1. The SMILES string of the molecule is C[C@H](Nc1nccc(N2C(=O)N(C)C[C@@H]2[C@@H](C)O)n1)c1cn(-c2ccc(Cl)cc2)cn1. The second kappa shape index (κ2) is 8.52. The van der Waals surface area contributed by atoms with Crippen molar-refractivity contribution in [3.05, 3.63) is 59.8 Å². The molecule has 2 aromatic heterocycles. The number of urea groups is 1. The number of rotatable bonds is 6. The number of benzene rings is 1. The molecule has 4 rings (SSSR count). The highest BCUT2D eigenvalue weighted by molar-refractivity contribution is 6.30. The summed E-state index contributed by atoms with van der Waals surface area (Å²) >= 11 is 5.96. The molecule has 1 aromatic carbocycles. The van der Waals surface area contributed by atoms with E-state index in [4.69, 9.17) is 11.6 Å². The Balaban J connectivity index is 1.51. The molecule has 0 bridgehead atoms. The van der Waals surface area contributed by atoms with Crippen LogP contribution in [0.25, 0.3) is 5.69 Å². The van der Waals surface area contributed by atoms with Crippen molar-refractivity contribution in [2.24, 2.45) is 0 Å². The van der Waals surface area contributed by atoms with E-state index in [1.807, 2.05) is 42.0 Å². The number of carbonyl (C=O) groups excluding carboxylic acids is 1. The zero-order valence-corrected chi connectivity index (χ0v) is 18.2. The van der Waals surface area contributed by atoms with Crippen molar-refractivity contribution in [1.82, 2.24) is 24.4 Å². The summed E-state index contributed by atoms with van der Waals surface area (Å²) in [6, 6.07) is 8.41. The normalized spacial score (nSPS) is 18.4. The van der Waals surface area contributed by atoms with E-state index in [0.29, 0.717) is 23.3 Å². The lowest BCUT2D eigenvalue weighted by Gasteiger charge is -2.24. The van der Waals surface area contributed by atoms with Crippen LogP contribution in [-0.4, -0.2) is 61.3 Å². The zero-order valence-electron chi connectivity index (χ0n) is 17.5. The lowest BCUT2D eigenvalue weighted by molar-refractivity contribution is 0.164. The molecule has 1 aliphatic rings. The standard InChI is InChI=1S/C21H24ClN7O2/c1-13(17-10-28(12-24-17)16-6-4-15(22)5-7-16)25-20-23-9-8-19(26-20)29-18(14(2)30)11-27(3)21(29)31/h4-10,12-14,18,30H,11H2,1-3H3,(H,23,25,26)/t13-,14+,18+/m0/s1. The summed E-state index contributed by atoms with van der Waals surface area (Å²) in [6.07, 6.45) is 4.57. The van der Waals surface area contributed by atoms with Gasteiger partial charge < -0.3 is 19.9 Å². The number of hydrogen-bond acceptors (Lipinski definition) is 6. The van der Waals surface area contributed by atoms with Gasteiger partial charge in [0.05, 0.1) is 30.2 Å². The number of likely N-dealkylation sites (N-methyl/N-ethyl adjacent to an activating group) is 1. The van der Waals surface area contributed by atoms with Crippen LogP contribution >= 0.6 is 11.6 Å². The van der Waals surface area contributed by atoms with Gasteiger partial charge in [-0.15, -0.1) is 0 Å². The van der Waals surface area contributed by atoms with Gasteiger partial charge in [-0.3, -0.25) is 4.90 Å². The van der Waals surface area contributed by atoms with E-state index in [1.54, 1.807) is 37.5 Å². The van der Waals surface area contributed by atoms with Gasteiger partial charge in [-0.1, -0.05) is 11.6 Å². The van der Waals surface area contributed by atoms with Gasteiger partial charge in [-0.05, 0) is 44.2 Å². The van der Waals surface area contributed by atoms with Crippen LogP contribution in [0.3, 0.4) is 0 Å². The fraction of sp³-hybridized carbons (Fsp3) is 0.333. The van der Waals surface area contributed by atoms with Gasteiger partial charge in [-0.25, -0.2) is 14.8 Å². The molecule has 0 unspecified atom stereocenters. The van der Waals surface area contributed by atoms with Crippen molar-refractivity contribution in [2.75, 3.05) is 23.8 Å². The highest BCUT2D eigenvalue weighted by Crippen LogP contribution is 2.26. The number of aliphatic hydroxyl groups is 1. The summed E-state index contributed by atoms with van der Waals surface area (Å²) in [4.78, 5) is 28.9. The lowest BCUT2D eigenvalue weighted by Crippen LogP contribution is -2.41. The van der Waals surface area contributed by atoms with Gasteiger partial charge in [0.1, 0.15) is 5.82 Å². The number of halogens is 1. The second-order valence-corrected chi connectivity index (χ2v) is 8.06. The highest BCUT2D eigenvalue weighted by Gasteiger charge is 2.39. The predicted octanol–water partition coefficient (Wildman–Crippen LogP) is 3.11. The van der Waals surface area contributed by atoms with E-state index in [1.165, 1.54) is 4.90 Å². The average Bonchev–Trinajstić information content (AvgIpc) is 3.34. The highest BCUT2D eigenvalue weighted by atomic mass is 35.5. The Kier molecular flexibility index (Phi) is 5.79. The maximum absolute atomic E-state index is 12.6. The number of imidazole rings is 1. The Morgan fingerprint density at radius 3 is 2.65 bits per heavy atom. The van der Waals surface area contributed by atoms with E-state index in [0.717, 1.165) is 11.4 Å². The third-order valence-corrected chi connectivity index (χ3v) is 5.54. The largest absolute Gasteiger partial charge is 0.391 e. The third-order valence-electron chi connectivity index (χ3n) is 5.29. The van der Waals surface area contributed by atoms with Crippen molar-refractivity contribution in [3.8, 4) is 5.69 Å². The summed E-state index contributed by atoms with van der Waals surface area (Å²) in [5, 5.41) is 14.0. The van der Waals surface area contributed by atoms with E-state index in [9.17, 15) is 9.90 Å². The summed E-state index contributed by atoms with van der Waals surface area (Å²) < 4.78 is 1.91. The van der Waals surface area contributed by atoms with E-state index < -0.39 is 6.10 Å². The molecular formula is C21H24ClN7O2. The quantitative estimate of drug-likeness (QED) is 0.609. The number of anilines is 2. The Labute approximate surface area is 185 Å². The van der Waals surface area contributed by atoms with Gasteiger partial charge in [0.25, 0.3) is 0 Å². The molecule has 9 nitrogen and oxygen atoms in total. The molecule has 2 N–H and O–H groups in total. The van der Waals surface area contributed by atoms with Crippen LogP contribution in [0.4, 0.5) is 16.6 Å². The molecule has 2 amide bonds. The minimum absolute atomic E-state index is 0.173. The summed E-state index contributed by atoms with van der Waals surface area (Å²) in [6.45, 7) is 4.06. The average molecular weight is 442 g/mol. The summed E-state index contributed by atoms with van der Waals surface area (Å²) in [7, 11) is 1.71. The van der Waals surface area contributed by atoms with Crippen LogP contribution < -0.4 is 10.2 Å². The maximum Gasteiger partial charge on any atom is 0.325 e. The zero-order chi connectivity index (χ0) is 22.1. The number of nitrogens with one attached hydrogen (secondary N) is 1. The van der Waals surface area contributed by atoms with Crippen LogP contribution in [0.5, 0.6) is 0 Å². The molecule has 1 fully saturated rings. The lowest BCUT2D eigenvalue weighted by atomic mass is 10.2. The Morgan fingerprint density at radius 2 is 1.94 bits per heavy atom. The molecule has 162 valence electrons. The molecule has 1 saturated heterocycles. The first-order valence-electron chi connectivity index (χ1n) is 9.95. The van der Waals surface area contributed by atoms with Crippen molar-refractivity contribution in [3.63, 3.8) is 0 Å². The minimum atomic E-state index is -0.684. The fourth-order valence-electron chi connectivity index (χ4n) is 3.54. The molecule has 10 heteroatoms. The van der Waals surface area contributed by atoms with E-state index >= 15 is 0 Å². The first-order valence-corrected chi connectivity index (χ1v) is 10.3. The molecule has 1 aliphatic heterocycles. The Morgan fingerprint density at radius 1 is 1.19 bits per heavy atom. The van der Waals surface area contributed by atoms with Crippen LogP contribution in [-0.2, 0) is 0 Å². The summed E-state index contributed by atoms with van der Waals surface area (Å²) in [5.41, 5.74) is 1.76. The minimum Gasteiger partial charge on any atom is -0.391 e. The monoisotopic (exact) mass is 441 g/mol. The van der Waals surface area contributed by atoms with E-state index in [-0.39, 0.29) is 18.1 Å². The molecule has 3 atom stereocenters. The fourth-order valence-corrected chi connectivity index (χ4v) is 3.66. The van der Waals surface area contributed by atoms with Gasteiger partial charge in [0, 0.05) is 36.7 Å². The Hall–Kier alpha value is -3.17.